The van der Waals surface area contributed by atoms with Crippen LogP contribution >= 0.6 is 35.6 Å². The zero-order chi connectivity index (χ0) is 17.1. The summed E-state index contributed by atoms with van der Waals surface area (Å²) in [6.07, 6.45) is 1.76. The van der Waals surface area contributed by atoms with Crippen molar-refractivity contribution in [2.75, 3.05) is 12.4 Å². The van der Waals surface area contributed by atoms with Gasteiger partial charge in [0, 0.05) is 5.69 Å². The topological polar surface area (TPSA) is 59.6 Å². The third-order valence-corrected chi connectivity index (χ3v) is 4.50. The summed E-state index contributed by atoms with van der Waals surface area (Å²) in [5, 5.41) is 3.23. The highest BCUT2D eigenvalue weighted by atomic mass is 127. The minimum Gasteiger partial charge on any atom is -0.497 e. The second-order valence-corrected chi connectivity index (χ2v) is 6.27. The largest absolute Gasteiger partial charge is 0.497 e. The van der Waals surface area contributed by atoms with E-state index in [4.69, 9.17) is 22.1 Å². The maximum Gasteiger partial charge on any atom is 0.193 e. The van der Waals surface area contributed by atoms with Crippen LogP contribution in [-0.2, 0) is 0 Å². The van der Waals surface area contributed by atoms with E-state index in [1.165, 1.54) is 6.07 Å². The Morgan fingerprint density at radius 2 is 1.92 bits per heavy atom. The van der Waals surface area contributed by atoms with Gasteiger partial charge in [-0.2, -0.15) is 0 Å². The molecular formula is C18H20ClFIN3O. The number of benzene rings is 2. The highest BCUT2D eigenvalue weighted by Crippen LogP contribution is 2.39. The molecule has 0 heterocycles. The van der Waals surface area contributed by atoms with E-state index in [0.717, 1.165) is 29.8 Å². The van der Waals surface area contributed by atoms with E-state index < -0.39 is 0 Å². The first-order valence-electron chi connectivity index (χ1n) is 7.74. The molecule has 0 atom stereocenters. The van der Waals surface area contributed by atoms with Gasteiger partial charge in [-0.3, -0.25) is 0 Å². The van der Waals surface area contributed by atoms with Crippen LogP contribution in [0.25, 0.3) is 0 Å². The van der Waals surface area contributed by atoms with Crippen LogP contribution in [0.1, 0.15) is 24.3 Å². The molecule has 0 aliphatic heterocycles. The van der Waals surface area contributed by atoms with Crippen LogP contribution in [0.2, 0.25) is 5.02 Å². The van der Waals surface area contributed by atoms with E-state index in [2.05, 4.69) is 10.3 Å². The highest BCUT2D eigenvalue weighted by molar-refractivity contribution is 14.0. The molecule has 0 aromatic heterocycles. The molecule has 2 aromatic rings. The number of nitrogens with zero attached hydrogens (tertiary/aromatic N) is 1. The average molecular weight is 476 g/mol. The van der Waals surface area contributed by atoms with Crippen LogP contribution in [-0.4, -0.2) is 19.1 Å². The summed E-state index contributed by atoms with van der Waals surface area (Å²) in [5.41, 5.74) is 7.86. The second-order valence-electron chi connectivity index (χ2n) is 5.86. The van der Waals surface area contributed by atoms with Crippen molar-refractivity contribution in [1.82, 2.24) is 0 Å². The van der Waals surface area contributed by atoms with Crippen LogP contribution in [0.15, 0.2) is 47.5 Å². The first-order chi connectivity index (χ1) is 11.5. The van der Waals surface area contributed by atoms with Crippen LogP contribution in [0.4, 0.5) is 10.1 Å². The van der Waals surface area contributed by atoms with Crippen LogP contribution < -0.4 is 15.8 Å². The lowest BCUT2D eigenvalue weighted by Gasteiger charge is -2.33. The molecule has 3 N–H and O–H groups in total. The molecule has 0 radical (unpaired) electrons. The molecule has 0 saturated heterocycles. The van der Waals surface area contributed by atoms with Gasteiger partial charge in [0.2, 0.25) is 0 Å². The van der Waals surface area contributed by atoms with Gasteiger partial charge in [-0.25, -0.2) is 9.38 Å². The summed E-state index contributed by atoms with van der Waals surface area (Å²) < 4.78 is 18.3. The zero-order valence-electron chi connectivity index (χ0n) is 13.7. The molecule has 2 aromatic carbocycles. The predicted molar refractivity (Wildman–Crippen MR) is 111 cm³/mol. The molecule has 0 amide bonds. The minimum absolute atomic E-state index is 0. The Balaban J connectivity index is 0.00000225. The lowest BCUT2D eigenvalue weighted by molar-refractivity contribution is 0.353. The van der Waals surface area contributed by atoms with Gasteiger partial charge < -0.3 is 15.8 Å². The molecule has 3 rings (SSSR count). The Labute approximate surface area is 168 Å². The number of rotatable bonds is 4. The third-order valence-electron chi connectivity index (χ3n) is 4.21. The third kappa shape index (κ3) is 4.98. The molecule has 134 valence electrons. The lowest BCUT2D eigenvalue weighted by Crippen LogP contribution is -2.31. The van der Waals surface area contributed by atoms with E-state index in [9.17, 15) is 4.39 Å². The number of nitrogens with two attached hydrogens (primary N) is 1. The van der Waals surface area contributed by atoms with E-state index in [1.807, 2.05) is 24.3 Å². The van der Waals surface area contributed by atoms with Gasteiger partial charge in [0.15, 0.2) is 5.96 Å². The van der Waals surface area contributed by atoms with E-state index in [0.29, 0.717) is 11.9 Å². The van der Waals surface area contributed by atoms with Crippen molar-refractivity contribution in [3.8, 4) is 5.75 Å². The molecule has 1 saturated carbocycles. The maximum atomic E-state index is 13.2. The summed E-state index contributed by atoms with van der Waals surface area (Å²) in [6, 6.07) is 12.5. The Morgan fingerprint density at radius 1 is 1.24 bits per heavy atom. The van der Waals surface area contributed by atoms with Crippen molar-refractivity contribution in [2.45, 2.75) is 24.8 Å². The fourth-order valence-electron chi connectivity index (χ4n) is 2.78. The molecule has 0 unspecified atom stereocenters. The van der Waals surface area contributed by atoms with Crippen molar-refractivity contribution >= 4 is 47.2 Å². The monoisotopic (exact) mass is 475 g/mol. The standard InChI is InChI=1S/C18H19ClFN3O.HI/c1-24-15-5-3-13(4-6-15)22-18(21)23-14-8-12(9-14)11-2-7-17(20)16(19)10-11;/h2-7,10,12,14H,8-9H2,1H3,(H3,21,22,23);1H. The number of anilines is 1. The summed E-state index contributed by atoms with van der Waals surface area (Å²) in [5.74, 6) is 1.14. The first kappa shape index (κ1) is 19.8. The van der Waals surface area contributed by atoms with Crippen LogP contribution in [0, 0.1) is 5.82 Å². The summed E-state index contributed by atoms with van der Waals surface area (Å²) in [4.78, 5) is 4.48. The number of hydrogen-bond acceptors (Lipinski definition) is 2. The van der Waals surface area contributed by atoms with Crippen LogP contribution in [0.5, 0.6) is 5.75 Å². The van der Waals surface area contributed by atoms with Crippen molar-refractivity contribution < 1.29 is 9.13 Å². The SMILES string of the molecule is COc1ccc(NC(N)=NC2CC(c3ccc(F)c(Cl)c3)C2)cc1.I. The first-order valence-corrected chi connectivity index (χ1v) is 8.12. The van der Waals surface area contributed by atoms with Crippen molar-refractivity contribution in [3.63, 3.8) is 0 Å². The van der Waals surface area contributed by atoms with Gasteiger partial charge in [0.25, 0.3) is 0 Å². The average Bonchev–Trinajstić information content (AvgIpc) is 2.54. The van der Waals surface area contributed by atoms with Crippen molar-refractivity contribution in [1.29, 1.82) is 0 Å². The normalized spacial score (nSPS) is 19.6. The Bertz CT molecular complexity index is 748. The van der Waals surface area contributed by atoms with Gasteiger partial charge in [-0.1, -0.05) is 17.7 Å². The minimum atomic E-state index is -0.387. The number of methoxy groups -OCH3 is 1. The van der Waals surface area contributed by atoms with E-state index >= 15 is 0 Å². The molecule has 0 bridgehead atoms. The molecule has 25 heavy (non-hydrogen) atoms. The summed E-state index contributed by atoms with van der Waals surface area (Å²) >= 11 is 5.83. The zero-order valence-corrected chi connectivity index (χ0v) is 16.8. The molecule has 1 aliphatic carbocycles. The Kier molecular flexibility index (Phi) is 6.89. The van der Waals surface area contributed by atoms with Crippen LogP contribution in [0.3, 0.4) is 0 Å². The van der Waals surface area contributed by atoms with Gasteiger partial charge in [0.05, 0.1) is 18.2 Å². The molecule has 1 fully saturated rings. The van der Waals surface area contributed by atoms with Crippen molar-refractivity contribution in [2.24, 2.45) is 10.7 Å². The number of guanidine groups is 1. The predicted octanol–water partition coefficient (Wildman–Crippen LogP) is 4.78. The smallest absolute Gasteiger partial charge is 0.193 e. The van der Waals surface area contributed by atoms with E-state index in [1.54, 1.807) is 19.2 Å². The summed E-state index contributed by atoms with van der Waals surface area (Å²) in [6.45, 7) is 0. The molecule has 4 nitrogen and oxygen atoms in total. The number of halogens is 3. The number of hydrogen-bond donors (Lipinski definition) is 2. The molecule has 7 heteroatoms. The fourth-order valence-corrected chi connectivity index (χ4v) is 2.97. The summed E-state index contributed by atoms with van der Waals surface area (Å²) in [7, 11) is 1.62. The highest BCUT2D eigenvalue weighted by Gasteiger charge is 2.30. The molecular weight excluding hydrogens is 456 g/mol. The number of aliphatic imine (C=N–C) groups is 1. The lowest BCUT2D eigenvalue weighted by atomic mass is 9.76. The second kappa shape index (κ2) is 8.71. The van der Waals surface area contributed by atoms with Crippen molar-refractivity contribution in [3.05, 3.63) is 58.9 Å². The Morgan fingerprint density at radius 3 is 2.52 bits per heavy atom. The molecule has 1 aliphatic rings. The van der Waals surface area contributed by atoms with Gasteiger partial charge in [0.1, 0.15) is 11.6 Å². The van der Waals surface area contributed by atoms with Gasteiger partial charge in [-0.05, 0) is 60.7 Å². The molecule has 0 spiro atoms. The van der Waals surface area contributed by atoms with Gasteiger partial charge in [-0.15, -0.1) is 24.0 Å². The fraction of sp³-hybridized carbons (Fsp3) is 0.278. The quantitative estimate of drug-likeness (QED) is 0.380. The van der Waals surface area contributed by atoms with Gasteiger partial charge >= 0.3 is 0 Å². The number of nitrogens with one attached hydrogen (secondary N) is 1. The number of ether oxygens (including phenoxy) is 1. The Hall–Kier alpha value is -1.54. The maximum absolute atomic E-state index is 13.2. The van der Waals surface area contributed by atoms with E-state index in [-0.39, 0.29) is 40.9 Å².